The molecule has 0 aliphatic rings. The fraction of sp³-hybridized carbons (Fsp3) is 0.235. The molecule has 0 fully saturated rings. The molecule has 0 heterocycles. The quantitative estimate of drug-likeness (QED) is 0.841. The lowest BCUT2D eigenvalue weighted by molar-refractivity contribution is -0.137. The zero-order valence-electron chi connectivity index (χ0n) is 12.1. The van der Waals surface area contributed by atoms with Crippen molar-refractivity contribution in [3.8, 4) is 5.75 Å². The van der Waals surface area contributed by atoms with Gasteiger partial charge in [0.25, 0.3) is 5.91 Å². The van der Waals surface area contributed by atoms with Gasteiger partial charge in [-0.1, -0.05) is 41.9 Å². The van der Waals surface area contributed by atoms with Crippen molar-refractivity contribution in [3.63, 3.8) is 0 Å². The van der Waals surface area contributed by atoms with Crippen LogP contribution < -0.4 is 4.74 Å². The van der Waals surface area contributed by atoms with E-state index in [0.717, 1.165) is 5.56 Å². The van der Waals surface area contributed by atoms with Gasteiger partial charge in [0.15, 0.2) is 6.10 Å². The monoisotopic (exact) mass is 303 g/mol. The van der Waals surface area contributed by atoms with Crippen LogP contribution in [0.4, 0.5) is 0 Å². The summed E-state index contributed by atoms with van der Waals surface area (Å²) in [5.41, 5.74) is 0.991. The van der Waals surface area contributed by atoms with Crippen LogP contribution in [0.25, 0.3) is 0 Å². The first kappa shape index (κ1) is 15.4. The van der Waals surface area contributed by atoms with Crippen LogP contribution >= 0.6 is 11.6 Å². The number of halogens is 1. The summed E-state index contributed by atoms with van der Waals surface area (Å²) in [6.07, 6.45) is -0.531. The molecule has 2 aromatic carbocycles. The number of hydrogen-bond donors (Lipinski definition) is 0. The molecule has 1 amide bonds. The molecule has 1 unspecified atom stereocenters. The Hall–Kier alpha value is -2.00. The summed E-state index contributed by atoms with van der Waals surface area (Å²) < 4.78 is 5.64. The van der Waals surface area contributed by atoms with Crippen molar-refractivity contribution < 1.29 is 9.53 Å². The van der Waals surface area contributed by atoms with Gasteiger partial charge in [0.05, 0.1) is 0 Å². The van der Waals surface area contributed by atoms with Crippen LogP contribution in [0.5, 0.6) is 5.75 Å². The van der Waals surface area contributed by atoms with Crippen molar-refractivity contribution in [2.75, 3.05) is 7.05 Å². The average Bonchev–Trinajstić information content (AvgIpc) is 2.47. The Balaban J connectivity index is 1.95. The Morgan fingerprint density at radius 1 is 1.19 bits per heavy atom. The highest BCUT2D eigenvalue weighted by atomic mass is 35.5. The van der Waals surface area contributed by atoms with Crippen LogP contribution in [0.1, 0.15) is 12.5 Å². The van der Waals surface area contributed by atoms with Crippen LogP contribution in [0, 0.1) is 0 Å². The largest absolute Gasteiger partial charge is 0.481 e. The van der Waals surface area contributed by atoms with Gasteiger partial charge >= 0.3 is 0 Å². The predicted molar refractivity (Wildman–Crippen MR) is 84.5 cm³/mol. The molecular formula is C17H18ClNO2. The summed E-state index contributed by atoms with van der Waals surface area (Å²) in [5.74, 6) is 0.619. The summed E-state index contributed by atoms with van der Waals surface area (Å²) in [4.78, 5) is 13.9. The van der Waals surface area contributed by atoms with Crippen molar-refractivity contribution in [2.45, 2.75) is 19.6 Å². The molecule has 0 radical (unpaired) electrons. The normalized spacial score (nSPS) is 11.8. The summed E-state index contributed by atoms with van der Waals surface area (Å²) in [6.45, 7) is 2.26. The number of amides is 1. The number of likely N-dealkylation sites (N-methyl/N-ethyl adjacent to an activating group) is 1. The first-order valence-electron chi connectivity index (χ1n) is 6.77. The highest BCUT2D eigenvalue weighted by Crippen LogP contribution is 2.14. The number of hydrogen-bond acceptors (Lipinski definition) is 2. The minimum absolute atomic E-state index is 0.0705. The van der Waals surface area contributed by atoms with Gasteiger partial charge < -0.3 is 9.64 Å². The summed E-state index contributed by atoms with van der Waals surface area (Å²) in [5, 5.41) is 0.668. The maximum Gasteiger partial charge on any atom is 0.263 e. The molecule has 4 heteroatoms. The SMILES string of the molecule is CC(Oc1ccccc1)C(=O)N(C)Cc1cccc(Cl)c1. The lowest BCUT2D eigenvalue weighted by Gasteiger charge is -2.22. The molecule has 0 bridgehead atoms. The molecule has 0 N–H and O–H groups in total. The van der Waals surface area contributed by atoms with Crippen LogP contribution in [0.2, 0.25) is 5.02 Å². The van der Waals surface area contributed by atoms with E-state index in [0.29, 0.717) is 17.3 Å². The van der Waals surface area contributed by atoms with E-state index in [2.05, 4.69) is 0 Å². The minimum Gasteiger partial charge on any atom is -0.481 e. The fourth-order valence-electron chi connectivity index (χ4n) is 2.05. The zero-order chi connectivity index (χ0) is 15.2. The van der Waals surface area contributed by atoms with Crippen molar-refractivity contribution in [3.05, 3.63) is 65.2 Å². The number of rotatable bonds is 5. The molecule has 110 valence electrons. The number of benzene rings is 2. The molecule has 0 spiro atoms. The van der Waals surface area contributed by atoms with Crippen LogP contribution in [0.15, 0.2) is 54.6 Å². The Kier molecular flexibility index (Phi) is 5.23. The van der Waals surface area contributed by atoms with Gasteiger partial charge in [0.1, 0.15) is 5.75 Å². The molecule has 21 heavy (non-hydrogen) atoms. The lowest BCUT2D eigenvalue weighted by Crippen LogP contribution is -2.37. The molecule has 1 atom stereocenters. The number of nitrogens with zero attached hydrogens (tertiary/aromatic N) is 1. The van der Waals surface area contributed by atoms with E-state index < -0.39 is 6.10 Å². The number of para-hydroxylation sites is 1. The molecule has 3 nitrogen and oxygen atoms in total. The number of ether oxygens (including phenoxy) is 1. The Labute approximate surface area is 130 Å². The molecule has 0 saturated carbocycles. The average molecular weight is 304 g/mol. The zero-order valence-corrected chi connectivity index (χ0v) is 12.9. The van der Waals surface area contributed by atoms with Crippen LogP contribution in [0.3, 0.4) is 0 Å². The molecule has 0 aliphatic heterocycles. The van der Waals surface area contributed by atoms with Crippen LogP contribution in [-0.2, 0) is 11.3 Å². The van der Waals surface area contributed by atoms with E-state index in [1.807, 2.05) is 54.6 Å². The van der Waals surface area contributed by atoms with Gasteiger partial charge in [-0.15, -0.1) is 0 Å². The van der Waals surface area contributed by atoms with Crippen molar-refractivity contribution in [1.29, 1.82) is 0 Å². The van der Waals surface area contributed by atoms with Gasteiger partial charge in [0, 0.05) is 18.6 Å². The highest BCUT2D eigenvalue weighted by Gasteiger charge is 2.19. The molecule has 2 aromatic rings. The smallest absolute Gasteiger partial charge is 0.263 e. The van der Waals surface area contributed by atoms with Gasteiger partial charge in [-0.3, -0.25) is 4.79 Å². The first-order chi connectivity index (χ1) is 10.1. The molecule has 2 rings (SSSR count). The van der Waals surface area contributed by atoms with E-state index in [4.69, 9.17) is 16.3 Å². The van der Waals surface area contributed by atoms with E-state index >= 15 is 0 Å². The number of carbonyl (C=O) groups excluding carboxylic acids is 1. The summed E-state index contributed by atoms with van der Waals surface area (Å²) in [7, 11) is 1.76. The third kappa shape index (κ3) is 4.50. The highest BCUT2D eigenvalue weighted by molar-refractivity contribution is 6.30. The second kappa shape index (κ2) is 7.14. The standard InChI is InChI=1S/C17H18ClNO2/c1-13(21-16-9-4-3-5-10-16)17(20)19(2)12-14-7-6-8-15(18)11-14/h3-11,13H,12H2,1-2H3. The van der Waals surface area contributed by atoms with Gasteiger partial charge in [-0.05, 0) is 36.8 Å². The lowest BCUT2D eigenvalue weighted by atomic mass is 10.2. The second-order valence-corrected chi connectivity index (χ2v) is 5.33. The molecule has 0 aromatic heterocycles. The van der Waals surface area contributed by atoms with E-state index in [1.54, 1.807) is 18.9 Å². The Morgan fingerprint density at radius 2 is 1.90 bits per heavy atom. The predicted octanol–water partition coefficient (Wildman–Crippen LogP) is 3.77. The molecule has 0 aliphatic carbocycles. The van der Waals surface area contributed by atoms with Crippen molar-refractivity contribution in [1.82, 2.24) is 4.90 Å². The maximum atomic E-state index is 12.3. The van der Waals surface area contributed by atoms with E-state index in [1.165, 1.54) is 0 Å². The third-order valence-electron chi connectivity index (χ3n) is 3.09. The van der Waals surface area contributed by atoms with Crippen LogP contribution in [-0.4, -0.2) is 24.0 Å². The molecule has 0 saturated heterocycles. The summed E-state index contributed by atoms with van der Waals surface area (Å²) >= 11 is 5.95. The molecular weight excluding hydrogens is 286 g/mol. The van der Waals surface area contributed by atoms with Gasteiger partial charge in [-0.25, -0.2) is 0 Å². The second-order valence-electron chi connectivity index (χ2n) is 4.90. The third-order valence-corrected chi connectivity index (χ3v) is 3.32. The van der Waals surface area contributed by atoms with E-state index in [9.17, 15) is 4.79 Å². The van der Waals surface area contributed by atoms with Crippen molar-refractivity contribution >= 4 is 17.5 Å². The topological polar surface area (TPSA) is 29.5 Å². The maximum absolute atomic E-state index is 12.3. The number of carbonyl (C=O) groups is 1. The Morgan fingerprint density at radius 3 is 2.57 bits per heavy atom. The first-order valence-corrected chi connectivity index (χ1v) is 7.15. The van der Waals surface area contributed by atoms with Crippen molar-refractivity contribution in [2.24, 2.45) is 0 Å². The van der Waals surface area contributed by atoms with Gasteiger partial charge in [-0.2, -0.15) is 0 Å². The van der Waals surface area contributed by atoms with E-state index in [-0.39, 0.29) is 5.91 Å². The fourth-order valence-corrected chi connectivity index (χ4v) is 2.26. The minimum atomic E-state index is -0.531. The Bertz CT molecular complexity index is 601. The summed E-state index contributed by atoms with van der Waals surface area (Å²) in [6, 6.07) is 16.8. The van der Waals surface area contributed by atoms with Gasteiger partial charge in [0.2, 0.25) is 0 Å².